The summed E-state index contributed by atoms with van der Waals surface area (Å²) in [5.41, 5.74) is 5.57. The van der Waals surface area contributed by atoms with Crippen molar-refractivity contribution in [1.82, 2.24) is 4.90 Å². The van der Waals surface area contributed by atoms with Gasteiger partial charge in [-0.3, -0.25) is 8.01 Å². The van der Waals surface area contributed by atoms with Gasteiger partial charge in [0.15, 0.2) is 6.29 Å². The number of halogens is 1. The van der Waals surface area contributed by atoms with E-state index in [4.69, 9.17) is 4.74 Å². The lowest BCUT2D eigenvalue weighted by Crippen LogP contribution is -2.51. The molecule has 30 heavy (non-hydrogen) atoms. The van der Waals surface area contributed by atoms with E-state index in [0.717, 1.165) is 12.8 Å². The fourth-order valence-corrected chi connectivity index (χ4v) is 7.50. The van der Waals surface area contributed by atoms with Crippen LogP contribution in [0.15, 0.2) is 72.1 Å². The van der Waals surface area contributed by atoms with Gasteiger partial charge in [-0.25, -0.2) is 0 Å². The van der Waals surface area contributed by atoms with Crippen molar-refractivity contribution in [3.8, 4) is 0 Å². The lowest BCUT2D eigenvalue weighted by molar-refractivity contribution is 0.0731. The summed E-state index contributed by atoms with van der Waals surface area (Å²) < 4.78 is 8.85. The van der Waals surface area contributed by atoms with Crippen LogP contribution < -0.4 is 8.01 Å². The summed E-state index contributed by atoms with van der Waals surface area (Å²) >= 11 is 2.53. The van der Waals surface area contributed by atoms with Crippen LogP contribution in [-0.2, 0) is 4.74 Å². The summed E-state index contributed by atoms with van der Waals surface area (Å²) in [6, 6.07) is 9.27. The molecule has 1 aromatic rings. The Bertz CT molecular complexity index is 1010. The number of ether oxygens (including phenoxy) is 1. The van der Waals surface area contributed by atoms with Crippen LogP contribution in [0.4, 0.5) is 11.4 Å². The highest BCUT2D eigenvalue weighted by molar-refractivity contribution is 14.1. The van der Waals surface area contributed by atoms with Crippen molar-refractivity contribution in [2.75, 3.05) is 8.01 Å². The molecule has 0 bridgehead atoms. The molecule has 154 valence electrons. The monoisotopic (exact) mass is 511 g/mol. The van der Waals surface area contributed by atoms with Crippen molar-refractivity contribution in [3.05, 3.63) is 72.1 Å². The smallest absolute Gasteiger partial charge is 0.194 e. The van der Waals surface area contributed by atoms with Crippen molar-refractivity contribution in [2.24, 2.45) is 11.8 Å². The Hall–Kier alpha value is -1.73. The van der Waals surface area contributed by atoms with Crippen LogP contribution in [0.5, 0.6) is 0 Å². The Morgan fingerprint density at radius 1 is 0.933 bits per heavy atom. The molecular formula is C25H26IN3O. The van der Waals surface area contributed by atoms with Gasteiger partial charge < -0.3 is 9.64 Å². The van der Waals surface area contributed by atoms with E-state index >= 15 is 0 Å². The van der Waals surface area contributed by atoms with Gasteiger partial charge in [0, 0.05) is 5.70 Å². The van der Waals surface area contributed by atoms with Crippen molar-refractivity contribution >= 4 is 34.2 Å². The van der Waals surface area contributed by atoms with Crippen LogP contribution in [-0.4, -0.2) is 29.4 Å². The number of anilines is 2. The third kappa shape index (κ3) is 2.36. The zero-order valence-electron chi connectivity index (χ0n) is 16.9. The third-order valence-corrected chi connectivity index (χ3v) is 8.86. The molecule has 3 heterocycles. The maximum absolute atomic E-state index is 6.41. The van der Waals surface area contributed by atoms with Gasteiger partial charge in [0.2, 0.25) is 0 Å². The minimum atomic E-state index is 0.228. The average Bonchev–Trinajstić information content (AvgIpc) is 3.42. The standard InChI is InChI=1S/C25H26IN3O/c26-29-22-11-5-4-10-21(22)28-20-9-3-2-8-19(20)27(25(28)29)16-13-14-24-18(15-16)17-7-1-6-12-23(17)30-24/h3-6,9-14,16-18,23-25H,1-2,7-8,15H2. The highest BCUT2D eigenvalue weighted by atomic mass is 127. The van der Waals surface area contributed by atoms with Crippen LogP contribution in [0.2, 0.25) is 0 Å². The van der Waals surface area contributed by atoms with Gasteiger partial charge in [-0.05, 0) is 62.1 Å². The fourth-order valence-electron chi connectivity index (χ4n) is 6.57. The van der Waals surface area contributed by atoms with Crippen LogP contribution in [0, 0.1) is 11.8 Å². The first-order valence-corrected chi connectivity index (χ1v) is 12.3. The van der Waals surface area contributed by atoms with E-state index in [1.54, 1.807) is 0 Å². The Labute approximate surface area is 192 Å². The highest BCUT2D eigenvalue weighted by Crippen LogP contribution is 2.53. The summed E-state index contributed by atoms with van der Waals surface area (Å²) in [4.78, 5) is 5.29. The van der Waals surface area contributed by atoms with Gasteiger partial charge in [0.25, 0.3) is 0 Å². The first-order chi connectivity index (χ1) is 14.8. The number of fused-ring (bicyclic) bond motifs is 7. The maximum atomic E-state index is 6.41. The first kappa shape index (κ1) is 17.9. The van der Waals surface area contributed by atoms with Crippen molar-refractivity contribution in [1.29, 1.82) is 0 Å². The molecule has 5 heteroatoms. The van der Waals surface area contributed by atoms with Gasteiger partial charge in [0.05, 0.1) is 58.2 Å². The second-order valence-electron chi connectivity index (χ2n) is 9.28. The van der Waals surface area contributed by atoms with Crippen molar-refractivity contribution in [2.45, 2.75) is 56.6 Å². The molecule has 0 amide bonds. The lowest BCUT2D eigenvalue weighted by Gasteiger charge is -2.41. The summed E-state index contributed by atoms with van der Waals surface area (Å²) in [5.74, 6) is 1.32. The quantitative estimate of drug-likeness (QED) is 0.282. The lowest BCUT2D eigenvalue weighted by atomic mass is 9.75. The van der Waals surface area contributed by atoms with Crippen LogP contribution in [0.25, 0.3) is 0 Å². The van der Waals surface area contributed by atoms with Crippen molar-refractivity contribution < 1.29 is 4.74 Å². The molecule has 0 radical (unpaired) electrons. The van der Waals surface area contributed by atoms with E-state index in [2.05, 4.69) is 96.5 Å². The van der Waals surface area contributed by atoms with Gasteiger partial charge in [-0.2, -0.15) is 0 Å². The van der Waals surface area contributed by atoms with Gasteiger partial charge in [-0.1, -0.05) is 42.5 Å². The fraction of sp³-hybridized carbons (Fsp3) is 0.440. The van der Waals surface area contributed by atoms with Gasteiger partial charge in [-0.15, -0.1) is 0 Å². The highest BCUT2D eigenvalue weighted by Gasteiger charge is 2.52. The molecule has 7 rings (SSSR count). The van der Waals surface area contributed by atoms with Gasteiger partial charge >= 0.3 is 0 Å². The molecule has 6 atom stereocenters. The Morgan fingerprint density at radius 2 is 1.80 bits per heavy atom. The molecule has 1 aromatic carbocycles. The predicted molar refractivity (Wildman–Crippen MR) is 128 cm³/mol. The van der Waals surface area contributed by atoms with Gasteiger partial charge in [0.1, 0.15) is 0 Å². The topological polar surface area (TPSA) is 19.0 Å². The van der Waals surface area contributed by atoms with Crippen LogP contribution in [0.1, 0.15) is 32.1 Å². The molecule has 3 aliphatic heterocycles. The van der Waals surface area contributed by atoms with E-state index in [9.17, 15) is 0 Å². The second kappa shape index (κ2) is 6.63. The molecule has 0 N–H and O–H groups in total. The second-order valence-corrected chi connectivity index (χ2v) is 10.3. The number of nitrogens with zero attached hydrogens (tertiary/aromatic N) is 3. The Morgan fingerprint density at radius 3 is 2.73 bits per heavy atom. The number of benzene rings is 1. The Balaban J connectivity index is 1.28. The number of para-hydroxylation sites is 2. The van der Waals surface area contributed by atoms with E-state index in [1.807, 2.05) is 0 Å². The molecule has 1 saturated heterocycles. The molecule has 6 unspecified atom stereocenters. The summed E-state index contributed by atoms with van der Waals surface area (Å²) in [6.07, 6.45) is 21.0. The normalized spacial score (nSPS) is 38.0. The SMILES string of the molecule is IN1c2ccccc2N2C3=C(CCC=C3)N(C3C=CC4OC5C=CCCC5C4C3)C12. The molecule has 1 fully saturated rings. The van der Waals surface area contributed by atoms with E-state index < -0.39 is 0 Å². The summed E-state index contributed by atoms with van der Waals surface area (Å²) in [7, 11) is 0. The average molecular weight is 511 g/mol. The molecule has 4 nitrogen and oxygen atoms in total. The van der Waals surface area contributed by atoms with Crippen LogP contribution >= 0.6 is 22.9 Å². The first-order valence-electron chi connectivity index (χ1n) is 11.3. The number of allylic oxidation sites excluding steroid dienone is 4. The number of hydrogen-bond acceptors (Lipinski definition) is 4. The van der Waals surface area contributed by atoms with Crippen molar-refractivity contribution in [3.63, 3.8) is 0 Å². The molecular weight excluding hydrogens is 485 g/mol. The maximum Gasteiger partial charge on any atom is 0.194 e. The molecule has 3 aliphatic carbocycles. The molecule has 0 spiro atoms. The number of hydrogen-bond donors (Lipinski definition) is 0. The predicted octanol–water partition coefficient (Wildman–Crippen LogP) is 5.50. The molecule has 6 aliphatic rings. The molecule has 0 saturated carbocycles. The Kier molecular flexibility index (Phi) is 3.96. The van der Waals surface area contributed by atoms with E-state index in [1.165, 1.54) is 42.0 Å². The van der Waals surface area contributed by atoms with Crippen LogP contribution in [0.3, 0.4) is 0 Å². The van der Waals surface area contributed by atoms with E-state index in [0.29, 0.717) is 30.1 Å². The summed E-state index contributed by atoms with van der Waals surface area (Å²) in [5, 5.41) is 0. The third-order valence-electron chi connectivity index (χ3n) is 7.84. The minimum Gasteiger partial charge on any atom is -0.366 e. The zero-order chi connectivity index (χ0) is 19.8. The number of rotatable bonds is 1. The zero-order valence-corrected chi connectivity index (χ0v) is 19.1. The van der Waals surface area contributed by atoms with E-state index in [-0.39, 0.29) is 6.29 Å². The molecule has 0 aromatic heterocycles. The largest absolute Gasteiger partial charge is 0.366 e. The minimum absolute atomic E-state index is 0.228. The summed E-state index contributed by atoms with van der Waals surface area (Å²) in [6.45, 7) is 0.